The van der Waals surface area contributed by atoms with Crippen LogP contribution < -0.4 is 0 Å². The molecule has 1 aromatic heterocycles. The Hall–Kier alpha value is -0.820. The summed E-state index contributed by atoms with van der Waals surface area (Å²) in [7, 11) is 0. The molecule has 0 aliphatic heterocycles. The minimum Gasteiger partial charge on any atom is -0.140 e. The molecule has 0 spiro atoms. The quantitative estimate of drug-likeness (QED) is 0.648. The maximum atomic E-state index is 2.28. The summed E-state index contributed by atoms with van der Waals surface area (Å²) in [6, 6.07) is 0. The highest BCUT2D eigenvalue weighted by Crippen LogP contribution is 2.38. The Balaban J connectivity index is 3.00. The molecule has 1 aromatic carbocycles. The van der Waals surface area contributed by atoms with Crippen molar-refractivity contribution in [1.82, 2.24) is 0 Å². The minimum atomic E-state index is 1.15. The second-order valence-electron chi connectivity index (χ2n) is 4.71. The van der Waals surface area contributed by atoms with Gasteiger partial charge >= 0.3 is 0 Å². The highest BCUT2D eigenvalue weighted by molar-refractivity contribution is 7.19. The average Bonchev–Trinajstić information content (AvgIpc) is 2.61. The molecule has 2 aromatic rings. The highest BCUT2D eigenvalue weighted by atomic mass is 32.1. The highest BCUT2D eigenvalue weighted by Gasteiger charge is 2.15. The first kappa shape index (κ1) is 11.7. The lowest BCUT2D eigenvalue weighted by atomic mass is 9.94. The Morgan fingerprint density at radius 3 is 1.88 bits per heavy atom. The smallest absolute Gasteiger partial charge is 0.0383 e. The monoisotopic (exact) mass is 232 g/mol. The van der Waals surface area contributed by atoms with E-state index >= 15 is 0 Å². The molecule has 0 fully saturated rings. The van der Waals surface area contributed by atoms with Crippen molar-refractivity contribution in [3.8, 4) is 0 Å². The summed E-state index contributed by atoms with van der Waals surface area (Å²) < 4.78 is 1.51. The van der Waals surface area contributed by atoms with Crippen LogP contribution in [0.15, 0.2) is 0 Å². The van der Waals surface area contributed by atoms with Gasteiger partial charge in [-0.25, -0.2) is 0 Å². The van der Waals surface area contributed by atoms with Crippen LogP contribution in [0.4, 0.5) is 0 Å². The van der Waals surface area contributed by atoms with Gasteiger partial charge in [-0.05, 0) is 74.2 Å². The molecule has 0 aliphatic rings. The number of hydrogen-bond donors (Lipinski definition) is 0. The zero-order chi connectivity index (χ0) is 12.0. The van der Waals surface area contributed by atoms with Gasteiger partial charge in [-0.15, -0.1) is 11.3 Å². The van der Waals surface area contributed by atoms with Crippen LogP contribution in [0.2, 0.25) is 0 Å². The Morgan fingerprint density at radius 2 is 1.31 bits per heavy atom. The molecule has 0 saturated carbocycles. The fourth-order valence-corrected chi connectivity index (χ4v) is 3.89. The van der Waals surface area contributed by atoms with Crippen molar-refractivity contribution in [2.75, 3.05) is 0 Å². The van der Waals surface area contributed by atoms with E-state index in [0.29, 0.717) is 0 Å². The number of rotatable bonds is 1. The first-order valence-corrected chi connectivity index (χ1v) is 6.79. The minimum absolute atomic E-state index is 1.15. The van der Waals surface area contributed by atoms with E-state index in [1.807, 2.05) is 11.3 Å². The topological polar surface area (TPSA) is 0 Å². The Labute approximate surface area is 102 Å². The summed E-state index contributed by atoms with van der Waals surface area (Å²) in [5.41, 5.74) is 7.39. The van der Waals surface area contributed by atoms with Gasteiger partial charge in [0.15, 0.2) is 0 Å². The Kier molecular flexibility index (Phi) is 2.83. The fourth-order valence-electron chi connectivity index (χ4n) is 2.53. The molecular formula is C15H20S. The molecule has 0 amide bonds. The molecule has 16 heavy (non-hydrogen) atoms. The van der Waals surface area contributed by atoms with Crippen molar-refractivity contribution in [2.45, 2.75) is 48.0 Å². The molecule has 0 bridgehead atoms. The molecule has 0 saturated heterocycles. The lowest BCUT2D eigenvalue weighted by molar-refractivity contribution is 1.16. The first-order valence-electron chi connectivity index (χ1n) is 5.97. The number of fused-ring (bicyclic) bond motifs is 1. The number of thiophene rings is 1. The molecule has 2 rings (SSSR count). The van der Waals surface area contributed by atoms with Gasteiger partial charge in [0.25, 0.3) is 0 Å². The fraction of sp³-hybridized carbons (Fsp3) is 0.467. The van der Waals surface area contributed by atoms with E-state index in [2.05, 4.69) is 41.5 Å². The second kappa shape index (κ2) is 3.89. The van der Waals surface area contributed by atoms with Crippen molar-refractivity contribution in [1.29, 1.82) is 0 Å². The molecule has 0 nitrogen and oxygen atoms in total. The van der Waals surface area contributed by atoms with Gasteiger partial charge in [0, 0.05) is 9.58 Å². The standard InChI is InChI=1S/C15H20S/c1-7-13-12(6)14-10(4)8(2)9(3)11(5)15(14)16-13/h7H2,1-6H3. The SMILES string of the molecule is CCc1sc2c(C)c(C)c(C)c(C)c2c1C. The number of benzene rings is 1. The second-order valence-corrected chi connectivity index (χ2v) is 5.81. The van der Waals surface area contributed by atoms with Crippen molar-refractivity contribution >= 4 is 21.4 Å². The summed E-state index contributed by atoms with van der Waals surface area (Å²) in [5, 5.41) is 1.52. The van der Waals surface area contributed by atoms with Gasteiger partial charge in [-0.3, -0.25) is 0 Å². The van der Waals surface area contributed by atoms with Crippen LogP contribution in [0.5, 0.6) is 0 Å². The van der Waals surface area contributed by atoms with Gasteiger partial charge in [-0.1, -0.05) is 6.92 Å². The van der Waals surface area contributed by atoms with Crippen molar-refractivity contribution < 1.29 is 0 Å². The van der Waals surface area contributed by atoms with E-state index in [1.165, 1.54) is 37.9 Å². The molecule has 1 heterocycles. The van der Waals surface area contributed by atoms with E-state index in [9.17, 15) is 0 Å². The van der Waals surface area contributed by atoms with E-state index in [1.54, 1.807) is 4.88 Å². The van der Waals surface area contributed by atoms with Gasteiger partial charge < -0.3 is 0 Å². The normalized spacial score (nSPS) is 11.4. The molecule has 0 N–H and O–H groups in total. The molecular weight excluding hydrogens is 212 g/mol. The first-order chi connectivity index (χ1) is 7.49. The van der Waals surface area contributed by atoms with Crippen LogP contribution in [0, 0.1) is 34.6 Å². The van der Waals surface area contributed by atoms with Crippen LogP contribution in [0.1, 0.15) is 39.6 Å². The molecule has 1 heteroatoms. The predicted octanol–water partition coefficient (Wildman–Crippen LogP) is 5.01. The molecule has 0 radical (unpaired) electrons. The van der Waals surface area contributed by atoms with Gasteiger partial charge in [0.2, 0.25) is 0 Å². The van der Waals surface area contributed by atoms with E-state index in [-0.39, 0.29) is 0 Å². The van der Waals surface area contributed by atoms with Crippen molar-refractivity contribution in [2.24, 2.45) is 0 Å². The molecule has 0 atom stereocenters. The van der Waals surface area contributed by atoms with E-state index < -0.39 is 0 Å². The lowest BCUT2D eigenvalue weighted by Crippen LogP contribution is -1.92. The van der Waals surface area contributed by atoms with Crippen LogP contribution in [-0.4, -0.2) is 0 Å². The van der Waals surface area contributed by atoms with Crippen molar-refractivity contribution in [3.05, 3.63) is 32.7 Å². The van der Waals surface area contributed by atoms with Crippen LogP contribution in [-0.2, 0) is 6.42 Å². The summed E-state index contributed by atoms with van der Waals surface area (Å²) in [4.78, 5) is 1.55. The van der Waals surface area contributed by atoms with Crippen molar-refractivity contribution in [3.63, 3.8) is 0 Å². The summed E-state index contributed by atoms with van der Waals surface area (Å²) >= 11 is 1.99. The maximum absolute atomic E-state index is 2.28. The maximum Gasteiger partial charge on any atom is 0.0383 e. The van der Waals surface area contributed by atoms with E-state index in [0.717, 1.165) is 6.42 Å². The van der Waals surface area contributed by atoms with Crippen LogP contribution in [0.25, 0.3) is 10.1 Å². The molecule has 0 unspecified atom stereocenters. The number of hydrogen-bond acceptors (Lipinski definition) is 1. The third-order valence-electron chi connectivity index (χ3n) is 3.97. The van der Waals surface area contributed by atoms with Crippen LogP contribution >= 0.6 is 11.3 Å². The summed E-state index contributed by atoms with van der Waals surface area (Å²) in [5.74, 6) is 0. The number of aryl methyl sites for hydroxylation is 4. The lowest BCUT2D eigenvalue weighted by Gasteiger charge is -2.11. The summed E-state index contributed by atoms with van der Waals surface area (Å²) in [6.45, 7) is 13.6. The summed E-state index contributed by atoms with van der Waals surface area (Å²) in [6.07, 6.45) is 1.15. The van der Waals surface area contributed by atoms with Gasteiger partial charge in [0.1, 0.15) is 0 Å². The average molecular weight is 232 g/mol. The third kappa shape index (κ3) is 1.41. The Morgan fingerprint density at radius 1 is 0.750 bits per heavy atom. The largest absolute Gasteiger partial charge is 0.140 e. The zero-order valence-corrected chi connectivity index (χ0v) is 11.9. The predicted molar refractivity (Wildman–Crippen MR) is 74.9 cm³/mol. The molecule has 0 aliphatic carbocycles. The zero-order valence-electron chi connectivity index (χ0n) is 11.1. The van der Waals surface area contributed by atoms with E-state index in [4.69, 9.17) is 0 Å². The third-order valence-corrected chi connectivity index (χ3v) is 5.53. The Bertz CT molecular complexity index is 559. The molecule has 86 valence electrons. The van der Waals surface area contributed by atoms with Crippen LogP contribution in [0.3, 0.4) is 0 Å². The van der Waals surface area contributed by atoms with Gasteiger partial charge in [-0.2, -0.15) is 0 Å². The van der Waals surface area contributed by atoms with Gasteiger partial charge in [0.05, 0.1) is 0 Å².